The monoisotopic (exact) mass is 410 g/mol. The molecule has 146 valence electrons. The molecule has 1 aliphatic heterocycles. The molecule has 2 heterocycles. The van der Waals surface area contributed by atoms with Crippen LogP contribution in [0.5, 0.6) is 0 Å². The summed E-state index contributed by atoms with van der Waals surface area (Å²) >= 11 is 1.26. The van der Waals surface area contributed by atoms with E-state index in [2.05, 4.69) is 4.99 Å². The highest BCUT2D eigenvalue weighted by Crippen LogP contribution is 2.35. The summed E-state index contributed by atoms with van der Waals surface area (Å²) in [4.78, 5) is 19.3. The smallest absolute Gasteiger partial charge is 0.266 e. The molecule has 0 atom stereocenters. The van der Waals surface area contributed by atoms with Crippen LogP contribution in [-0.2, 0) is 4.79 Å². The largest absolute Gasteiger partial charge is 0.457 e. The van der Waals surface area contributed by atoms with Crippen LogP contribution in [-0.4, -0.2) is 22.5 Å². The van der Waals surface area contributed by atoms with Crippen molar-refractivity contribution in [3.05, 3.63) is 83.0 Å². The third-order valence-corrected chi connectivity index (χ3v) is 5.29. The van der Waals surface area contributed by atoms with Crippen LogP contribution in [0, 0.1) is 11.6 Å². The summed E-state index contributed by atoms with van der Waals surface area (Å²) in [7, 11) is 0. The van der Waals surface area contributed by atoms with Gasteiger partial charge in [-0.2, -0.15) is 0 Å². The highest BCUT2D eigenvalue weighted by molar-refractivity contribution is 8.18. The SMILES string of the molecule is CCN1C(=O)/C(=C\c2ccc(-c3ccc(F)cc3F)o2)SC1=Nc1ccccc1. The number of benzene rings is 2. The molecule has 0 unspecified atom stereocenters. The first-order chi connectivity index (χ1) is 14.0. The van der Waals surface area contributed by atoms with Gasteiger partial charge in [-0.25, -0.2) is 13.8 Å². The Kier molecular flexibility index (Phi) is 5.31. The van der Waals surface area contributed by atoms with Crippen LogP contribution in [0.25, 0.3) is 17.4 Å². The molecule has 7 heteroatoms. The quantitative estimate of drug-likeness (QED) is 0.507. The van der Waals surface area contributed by atoms with Gasteiger partial charge in [0.25, 0.3) is 5.91 Å². The topological polar surface area (TPSA) is 45.8 Å². The van der Waals surface area contributed by atoms with E-state index in [9.17, 15) is 13.6 Å². The summed E-state index contributed by atoms with van der Waals surface area (Å²) in [5.41, 5.74) is 0.914. The minimum Gasteiger partial charge on any atom is -0.457 e. The Hall–Kier alpha value is -3.19. The van der Waals surface area contributed by atoms with E-state index >= 15 is 0 Å². The van der Waals surface area contributed by atoms with E-state index in [4.69, 9.17) is 4.42 Å². The summed E-state index contributed by atoms with van der Waals surface area (Å²) in [5, 5.41) is 0.589. The predicted octanol–water partition coefficient (Wildman–Crippen LogP) is 5.85. The number of thioether (sulfide) groups is 1. The number of carbonyl (C=O) groups excluding carboxylic acids is 1. The number of hydrogen-bond donors (Lipinski definition) is 0. The fraction of sp³-hybridized carbons (Fsp3) is 0.0909. The average Bonchev–Trinajstić information content (AvgIpc) is 3.27. The zero-order chi connectivity index (χ0) is 20.4. The fourth-order valence-electron chi connectivity index (χ4n) is 2.88. The Morgan fingerprint density at radius 2 is 1.90 bits per heavy atom. The van der Waals surface area contributed by atoms with Crippen LogP contribution < -0.4 is 0 Å². The van der Waals surface area contributed by atoms with Crippen LogP contribution in [0.2, 0.25) is 0 Å². The van der Waals surface area contributed by atoms with Gasteiger partial charge < -0.3 is 4.42 Å². The van der Waals surface area contributed by atoms with Crippen LogP contribution in [0.15, 0.2) is 75.0 Å². The fourth-order valence-corrected chi connectivity index (χ4v) is 3.92. The number of rotatable bonds is 4. The van der Waals surface area contributed by atoms with Crippen molar-refractivity contribution in [1.82, 2.24) is 4.90 Å². The summed E-state index contributed by atoms with van der Waals surface area (Å²) in [6.45, 7) is 2.36. The van der Waals surface area contributed by atoms with Gasteiger partial charge in [0.1, 0.15) is 23.2 Å². The van der Waals surface area contributed by atoms with Crippen molar-refractivity contribution in [2.45, 2.75) is 6.92 Å². The number of halogens is 2. The number of amides is 1. The second-order valence-corrected chi connectivity index (χ2v) is 7.23. The molecule has 1 saturated heterocycles. The van der Waals surface area contributed by atoms with Crippen LogP contribution in [0.4, 0.5) is 14.5 Å². The van der Waals surface area contributed by atoms with E-state index in [0.717, 1.165) is 11.8 Å². The van der Waals surface area contributed by atoms with Gasteiger partial charge in [0.05, 0.1) is 16.2 Å². The lowest BCUT2D eigenvalue weighted by Gasteiger charge is -2.11. The van der Waals surface area contributed by atoms with Crippen molar-refractivity contribution in [3.63, 3.8) is 0 Å². The first-order valence-electron chi connectivity index (χ1n) is 8.95. The molecule has 3 aromatic rings. The molecular formula is C22H16F2N2O2S. The minimum absolute atomic E-state index is 0.156. The van der Waals surface area contributed by atoms with E-state index in [0.29, 0.717) is 22.4 Å². The molecule has 2 aromatic carbocycles. The molecule has 29 heavy (non-hydrogen) atoms. The molecule has 0 N–H and O–H groups in total. The van der Waals surface area contributed by atoms with Gasteiger partial charge in [0.15, 0.2) is 5.17 Å². The van der Waals surface area contributed by atoms with Crippen molar-refractivity contribution >= 4 is 34.6 Å². The molecule has 1 fully saturated rings. The lowest BCUT2D eigenvalue weighted by atomic mass is 10.1. The van der Waals surface area contributed by atoms with Crippen molar-refractivity contribution < 1.29 is 18.0 Å². The van der Waals surface area contributed by atoms with Gasteiger partial charge in [0.2, 0.25) is 0 Å². The van der Waals surface area contributed by atoms with E-state index in [1.54, 1.807) is 23.1 Å². The molecule has 1 amide bonds. The molecule has 4 nitrogen and oxygen atoms in total. The Morgan fingerprint density at radius 1 is 1.10 bits per heavy atom. The molecular weight excluding hydrogens is 394 g/mol. The molecule has 1 aliphatic rings. The Morgan fingerprint density at radius 3 is 2.62 bits per heavy atom. The second-order valence-electron chi connectivity index (χ2n) is 6.22. The van der Waals surface area contributed by atoms with Gasteiger partial charge in [0, 0.05) is 18.7 Å². The normalized spacial score (nSPS) is 16.9. The van der Waals surface area contributed by atoms with Gasteiger partial charge >= 0.3 is 0 Å². The van der Waals surface area contributed by atoms with Crippen molar-refractivity contribution in [3.8, 4) is 11.3 Å². The highest BCUT2D eigenvalue weighted by atomic mass is 32.2. The Labute approximate surface area is 170 Å². The van der Waals surface area contributed by atoms with Crippen molar-refractivity contribution in [2.75, 3.05) is 6.54 Å². The Bertz CT molecular complexity index is 1120. The highest BCUT2D eigenvalue weighted by Gasteiger charge is 2.32. The van der Waals surface area contributed by atoms with Crippen molar-refractivity contribution in [1.29, 1.82) is 0 Å². The van der Waals surface area contributed by atoms with Crippen LogP contribution in [0.3, 0.4) is 0 Å². The number of carbonyl (C=O) groups is 1. The number of furan rings is 1. The lowest BCUT2D eigenvalue weighted by Crippen LogP contribution is -2.28. The zero-order valence-electron chi connectivity index (χ0n) is 15.4. The molecule has 0 bridgehead atoms. The first kappa shape index (κ1) is 19.1. The molecule has 0 aliphatic carbocycles. The van der Waals surface area contributed by atoms with Crippen LogP contribution in [0.1, 0.15) is 12.7 Å². The van der Waals surface area contributed by atoms with Crippen LogP contribution >= 0.6 is 11.8 Å². The number of nitrogens with zero attached hydrogens (tertiary/aromatic N) is 2. The summed E-state index contributed by atoms with van der Waals surface area (Å²) in [6, 6.07) is 15.9. The van der Waals surface area contributed by atoms with Gasteiger partial charge in [-0.05, 0) is 55.1 Å². The molecule has 0 radical (unpaired) electrons. The van der Waals surface area contributed by atoms with E-state index in [1.165, 1.54) is 23.9 Å². The average molecular weight is 410 g/mol. The second kappa shape index (κ2) is 8.05. The van der Waals surface area contributed by atoms with Crippen molar-refractivity contribution in [2.24, 2.45) is 4.99 Å². The lowest BCUT2D eigenvalue weighted by molar-refractivity contribution is -0.122. The molecule has 1 aromatic heterocycles. The standard InChI is InChI=1S/C22H16F2N2O2S/c1-2-26-21(27)20(29-22(26)25-15-6-4-3-5-7-15)13-16-9-11-19(28-16)17-10-8-14(23)12-18(17)24/h3-13H,2H2,1H3/b20-13+,25-22?. The maximum atomic E-state index is 14.0. The van der Waals surface area contributed by atoms with Gasteiger partial charge in [-0.3, -0.25) is 9.69 Å². The molecule has 0 saturated carbocycles. The van der Waals surface area contributed by atoms with E-state index in [-0.39, 0.29) is 17.2 Å². The van der Waals surface area contributed by atoms with E-state index in [1.807, 2.05) is 37.3 Å². The summed E-state index contributed by atoms with van der Waals surface area (Å²) < 4.78 is 32.7. The predicted molar refractivity (Wildman–Crippen MR) is 111 cm³/mol. The third kappa shape index (κ3) is 4.00. The number of hydrogen-bond acceptors (Lipinski definition) is 4. The first-order valence-corrected chi connectivity index (χ1v) is 9.77. The summed E-state index contributed by atoms with van der Waals surface area (Å²) in [5.74, 6) is -0.873. The minimum atomic E-state index is -0.709. The number of para-hydroxylation sites is 1. The maximum absolute atomic E-state index is 14.0. The zero-order valence-corrected chi connectivity index (χ0v) is 16.2. The van der Waals surface area contributed by atoms with Gasteiger partial charge in [-0.1, -0.05) is 18.2 Å². The molecule has 4 rings (SSSR count). The number of amidine groups is 1. The third-order valence-electron chi connectivity index (χ3n) is 4.28. The number of aliphatic imine (C=N–C) groups is 1. The number of likely N-dealkylation sites (N-methyl/N-ethyl adjacent to an activating group) is 1. The van der Waals surface area contributed by atoms with Gasteiger partial charge in [-0.15, -0.1) is 0 Å². The maximum Gasteiger partial charge on any atom is 0.266 e. The van der Waals surface area contributed by atoms with E-state index < -0.39 is 11.6 Å². The Balaban J connectivity index is 1.62. The summed E-state index contributed by atoms with van der Waals surface area (Å²) in [6.07, 6.45) is 1.61. The molecule has 0 spiro atoms.